The van der Waals surface area contributed by atoms with E-state index < -0.39 is 16.2 Å². The normalized spacial score (nSPS) is 10.8. The number of nitrogens with zero attached hydrogens (tertiary/aromatic N) is 2. The van der Waals surface area contributed by atoms with Crippen LogP contribution < -0.4 is 5.56 Å². The molecule has 0 aliphatic carbocycles. The Morgan fingerprint density at radius 1 is 1.39 bits per heavy atom. The van der Waals surface area contributed by atoms with E-state index in [1.807, 2.05) is 6.92 Å². The SMILES string of the molecule is CCCn1c(=O)c([N+](=O)[O-])c(Cl)c2ccccc21. The van der Waals surface area contributed by atoms with E-state index in [0.717, 1.165) is 0 Å². The van der Waals surface area contributed by atoms with E-state index in [4.69, 9.17) is 11.6 Å². The maximum Gasteiger partial charge on any atom is 0.353 e. The minimum absolute atomic E-state index is 0.0899. The minimum atomic E-state index is -0.719. The van der Waals surface area contributed by atoms with Gasteiger partial charge in [0.15, 0.2) is 0 Å². The van der Waals surface area contributed by atoms with Gasteiger partial charge in [0.1, 0.15) is 5.02 Å². The highest BCUT2D eigenvalue weighted by molar-refractivity contribution is 6.37. The molecule has 1 aromatic carbocycles. The number of aromatic nitrogens is 1. The molecule has 94 valence electrons. The summed E-state index contributed by atoms with van der Waals surface area (Å²) in [7, 11) is 0. The topological polar surface area (TPSA) is 65.1 Å². The molecule has 0 radical (unpaired) electrons. The molecule has 18 heavy (non-hydrogen) atoms. The van der Waals surface area contributed by atoms with Crippen molar-refractivity contribution >= 4 is 28.2 Å². The maximum atomic E-state index is 12.1. The third-order valence-electron chi connectivity index (χ3n) is 2.72. The minimum Gasteiger partial charge on any atom is -0.302 e. The van der Waals surface area contributed by atoms with Crippen molar-refractivity contribution in [1.29, 1.82) is 0 Å². The summed E-state index contributed by atoms with van der Waals surface area (Å²) in [5.41, 5.74) is -0.575. The lowest BCUT2D eigenvalue weighted by atomic mass is 10.2. The van der Waals surface area contributed by atoms with Crippen LogP contribution in [0.4, 0.5) is 5.69 Å². The highest BCUT2D eigenvalue weighted by Gasteiger charge is 2.23. The van der Waals surface area contributed by atoms with Gasteiger partial charge in [-0.3, -0.25) is 14.9 Å². The van der Waals surface area contributed by atoms with Gasteiger partial charge in [-0.25, -0.2) is 0 Å². The molecule has 0 aliphatic rings. The first-order chi connectivity index (χ1) is 8.57. The van der Waals surface area contributed by atoms with E-state index >= 15 is 0 Å². The molecule has 0 aliphatic heterocycles. The number of aryl methyl sites for hydroxylation is 1. The van der Waals surface area contributed by atoms with Crippen molar-refractivity contribution in [3.05, 3.63) is 49.8 Å². The second-order valence-corrected chi connectivity index (χ2v) is 4.27. The molecule has 6 heteroatoms. The third-order valence-corrected chi connectivity index (χ3v) is 3.10. The van der Waals surface area contributed by atoms with E-state index in [0.29, 0.717) is 23.9 Å². The predicted octanol–water partition coefficient (Wildman–Crippen LogP) is 2.97. The zero-order valence-corrected chi connectivity index (χ0v) is 10.5. The molecule has 0 unspecified atom stereocenters. The van der Waals surface area contributed by atoms with Crippen LogP contribution in [-0.2, 0) is 6.54 Å². The van der Waals surface area contributed by atoms with E-state index in [9.17, 15) is 14.9 Å². The third kappa shape index (κ3) is 1.86. The second kappa shape index (κ2) is 4.78. The summed E-state index contributed by atoms with van der Waals surface area (Å²) < 4.78 is 1.40. The predicted molar refractivity (Wildman–Crippen MR) is 70.2 cm³/mol. The quantitative estimate of drug-likeness (QED) is 0.634. The zero-order valence-electron chi connectivity index (χ0n) is 9.72. The van der Waals surface area contributed by atoms with Crippen LogP contribution in [0.25, 0.3) is 10.9 Å². The number of benzene rings is 1. The molecular formula is C12H11ClN2O3. The monoisotopic (exact) mass is 266 g/mol. The van der Waals surface area contributed by atoms with Gasteiger partial charge in [0.2, 0.25) is 0 Å². The Hall–Kier alpha value is -1.88. The highest BCUT2D eigenvalue weighted by atomic mass is 35.5. The van der Waals surface area contributed by atoms with Crippen LogP contribution in [0.15, 0.2) is 29.1 Å². The van der Waals surface area contributed by atoms with Crippen molar-refractivity contribution in [1.82, 2.24) is 4.57 Å². The summed E-state index contributed by atoms with van der Waals surface area (Å²) in [6, 6.07) is 6.92. The highest BCUT2D eigenvalue weighted by Crippen LogP contribution is 2.29. The van der Waals surface area contributed by atoms with Crippen LogP contribution >= 0.6 is 11.6 Å². The Balaban J connectivity index is 2.96. The molecule has 0 bridgehead atoms. The summed E-state index contributed by atoms with van der Waals surface area (Å²) in [4.78, 5) is 22.3. The molecule has 0 spiro atoms. The van der Waals surface area contributed by atoms with Crippen LogP contribution in [0.5, 0.6) is 0 Å². The zero-order chi connectivity index (χ0) is 13.3. The van der Waals surface area contributed by atoms with Crippen molar-refractivity contribution in [2.24, 2.45) is 0 Å². The molecule has 0 saturated carbocycles. The smallest absolute Gasteiger partial charge is 0.302 e. The average Bonchev–Trinajstić information content (AvgIpc) is 2.34. The lowest BCUT2D eigenvalue weighted by Gasteiger charge is -2.10. The number of para-hydroxylation sites is 1. The lowest BCUT2D eigenvalue weighted by Crippen LogP contribution is -2.23. The number of hydrogen-bond donors (Lipinski definition) is 0. The first-order valence-electron chi connectivity index (χ1n) is 5.53. The van der Waals surface area contributed by atoms with Crippen LogP contribution in [0.2, 0.25) is 5.02 Å². The fraction of sp³-hybridized carbons (Fsp3) is 0.250. The van der Waals surface area contributed by atoms with E-state index in [2.05, 4.69) is 0 Å². The van der Waals surface area contributed by atoms with Gasteiger partial charge in [-0.1, -0.05) is 36.7 Å². The lowest BCUT2D eigenvalue weighted by molar-refractivity contribution is -0.386. The number of halogens is 1. The fourth-order valence-corrected chi connectivity index (χ4v) is 2.27. The first-order valence-corrected chi connectivity index (χ1v) is 5.91. The summed E-state index contributed by atoms with van der Waals surface area (Å²) >= 11 is 5.96. The molecule has 0 N–H and O–H groups in total. The van der Waals surface area contributed by atoms with Crippen LogP contribution in [0.1, 0.15) is 13.3 Å². The average molecular weight is 267 g/mol. The molecule has 5 nitrogen and oxygen atoms in total. The van der Waals surface area contributed by atoms with Gasteiger partial charge in [-0.2, -0.15) is 0 Å². The first kappa shape index (κ1) is 12.6. The van der Waals surface area contributed by atoms with Crippen molar-refractivity contribution in [2.45, 2.75) is 19.9 Å². The number of nitro groups is 1. The van der Waals surface area contributed by atoms with E-state index in [1.165, 1.54) is 4.57 Å². The number of pyridine rings is 1. The van der Waals surface area contributed by atoms with Gasteiger partial charge in [-0.05, 0) is 12.5 Å². The second-order valence-electron chi connectivity index (χ2n) is 3.89. The molecular weight excluding hydrogens is 256 g/mol. The van der Waals surface area contributed by atoms with Crippen molar-refractivity contribution in [3.8, 4) is 0 Å². The number of fused-ring (bicyclic) bond motifs is 1. The largest absolute Gasteiger partial charge is 0.353 e. The Morgan fingerprint density at radius 2 is 2.06 bits per heavy atom. The Kier molecular flexibility index (Phi) is 3.34. The van der Waals surface area contributed by atoms with E-state index in [-0.39, 0.29) is 5.02 Å². The van der Waals surface area contributed by atoms with Crippen LogP contribution in [0, 0.1) is 10.1 Å². The van der Waals surface area contributed by atoms with Gasteiger partial charge in [-0.15, -0.1) is 0 Å². The number of hydrogen-bond acceptors (Lipinski definition) is 3. The summed E-state index contributed by atoms with van der Waals surface area (Å²) in [6.07, 6.45) is 0.711. The molecule has 0 fully saturated rings. The summed E-state index contributed by atoms with van der Waals surface area (Å²) in [5.74, 6) is 0. The molecule has 1 aromatic heterocycles. The van der Waals surface area contributed by atoms with Crippen molar-refractivity contribution in [2.75, 3.05) is 0 Å². The van der Waals surface area contributed by atoms with Crippen molar-refractivity contribution < 1.29 is 4.92 Å². The van der Waals surface area contributed by atoms with E-state index in [1.54, 1.807) is 24.3 Å². The standard InChI is InChI=1S/C12H11ClN2O3/c1-2-7-14-9-6-4-3-5-8(9)10(13)11(12(14)16)15(17)18/h3-6H,2,7H2,1H3. The molecule has 1 heterocycles. The van der Waals surface area contributed by atoms with Gasteiger partial charge < -0.3 is 4.57 Å². The molecule has 0 atom stereocenters. The fourth-order valence-electron chi connectivity index (χ4n) is 1.96. The Bertz CT molecular complexity index is 679. The summed E-state index contributed by atoms with van der Waals surface area (Å²) in [5, 5.41) is 11.4. The molecule has 2 aromatic rings. The molecule has 0 saturated heterocycles. The molecule has 0 amide bonds. The van der Waals surface area contributed by atoms with Crippen molar-refractivity contribution in [3.63, 3.8) is 0 Å². The van der Waals surface area contributed by atoms with Gasteiger partial charge in [0.25, 0.3) is 0 Å². The molecule has 2 rings (SSSR count). The van der Waals surface area contributed by atoms with Crippen LogP contribution in [-0.4, -0.2) is 9.49 Å². The number of rotatable bonds is 3. The Morgan fingerprint density at radius 3 is 2.67 bits per heavy atom. The summed E-state index contributed by atoms with van der Waals surface area (Å²) in [6.45, 7) is 2.33. The van der Waals surface area contributed by atoms with Gasteiger partial charge in [0.05, 0.1) is 10.4 Å². The van der Waals surface area contributed by atoms with Gasteiger partial charge in [0, 0.05) is 11.9 Å². The van der Waals surface area contributed by atoms with Crippen LogP contribution in [0.3, 0.4) is 0 Å². The van der Waals surface area contributed by atoms with Gasteiger partial charge >= 0.3 is 11.2 Å². The Labute approximate surface area is 108 Å². The maximum absolute atomic E-state index is 12.1.